The topological polar surface area (TPSA) is 50.4 Å². The van der Waals surface area contributed by atoms with Gasteiger partial charge in [0, 0.05) is 19.1 Å². The van der Waals surface area contributed by atoms with Crippen LogP contribution in [0.1, 0.15) is 52.9 Å². The van der Waals surface area contributed by atoms with Gasteiger partial charge in [-0.2, -0.15) is 0 Å². The van der Waals surface area contributed by atoms with Crippen LogP contribution < -0.4 is 10.6 Å². The third-order valence-electron chi connectivity index (χ3n) is 5.86. The predicted molar refractivity (Wildman–Crippen MR) is 92.2 cm³/mol. The van der Waals surface area contributed by atoms with Crippen molar-refractivity contribution < 1.29 is 9.53 Å². The molecule has 4 heteroatoms. The predicted octanol–water partition coefficient (Wildman–Crippen LogP) is 3.48. The van der Waals surface area contributed by atoms with Crippen LogP contribution in [0.25, 0.3) is 0 Å². The molecule has 4 nitrogen and oxygen atoms in total. The Morgan fingerprint density at radius 2 is 1.83 bits per heavy atom. The summed E-state index contributed by atoms with van der Waals surface area (Å²) in [5.74, 6) is 4.01. The first-order valence-electron chi connectivity index (χ1n) is 9.29. The first kappa shape index (κ1) is 16.8. The van der Waals surface area contributed by atoms with Crippen molar-refractivity contribution in [3.05, 3.63) is 12.2 Å². The van der Waals surface area contributed by atoms with Crippen LogP contribution >= 0.6 is 0 Å². The zero-order valence-corrected chi connectivity index (χ0v) is 14.8. The quantitative estimate of drug-likeness (QED) is 0.763. The Bertz CT molecular complexity index is 455. The maximum atomic E-state index is 11.5. The Morgan fingerprint density at radius 1 is 1.09 bits per heavy atom. The summed E-state index contributed by atoms with van der Waals surface area (Å²) >= 11 is 0. The van der Waals surface area contributed by atoms with Crippen molar-refractivity contribution in [2.45, 2.75) is 64.5 Å². The van der Waals surface area contributed by atoms with Gasteiger partial charge in [0.25, 0.3) is 0 Å². The first-order valence-corrected chi connectivity index (χ1v) is 9.29. The van der Waals surface area contributed by atoms with E-state index in [1.165, 1.54) is 32.1 Å². The van der Waals surface area contributed by atoms with E-state index in [4.69, 9.17) is 4.74 Å². The number of ether oxygens (including phenoxy) is 1. The third kappa shape index (κ3) is 4.09. The van der Waals surface area contributed by atoms with Crippen molar-refractivity contribution >= 4 is 6.09 Å². The fourth-order valence-electron chi connectivity index (χ4n) is 5.15. The molecular formula is C19H32N2O2. The van der Waals surface area contributed by atoms with Gasteiger partial charge in [0.1, 0.15) is 5.60 Å². The standard InChI is InChI=1S/C19H32N2O2/c1-19(2,3)23-18(22)21-10-5-4-9-20-17-12-13-11-16(17)15-8-6-7-14(13)15/h4-5,13-17,20H,6-12H2,1-3H3,(H,21,22)/b5-4+. The summed E-state index contributed by atoms with van der Waals surface area (Å²) in [5.41, 5.74) is -0.435. The van der Waals surface area contributed by atoms with Crippen LogP contribution in [0.5, 0.6) is 0 Å². The van der Waals surface area contributed by atoms with Gasteiger partial charge in [0.15, 0.2) is 0 Å². The SMILES string of the molecule is CC(C)(C)OC(=O)NC/C=C/CNC1CC2CC1C1CCCC21. The summed E-state index contributed by atoms with van der Waals surface area (Å²) in [7, 11) is 0. The number of hydrogen-bond donors (Lipinski definition) is 2. The molecule has 3 saturated carbocycles. The second-order valence-corrected chi connectivity index (χ2v) is 8.52. The second-order valence-electron chi connectivity index (χ2n) is 8.52. The zero-order valence-electron chi connectivity index (χ0n) is 14.8. The first-order chi connectivity index (χ1) is 10.9. The van der Waals surface area contributed by atoms with Gasteiger partial charge < -0.3 is 15.4 Å². The molecule has 5 atom stereocenters. The van der Waals surface area contributed by atoms with E-state index in [2.05, 4.69) is 16.7 Å². The highest BCUT2D eigenvalue weighted by molar-refractivity contribution is 5.67. The molecule has 0 aromatic heterocycles. The zero-order chi connectivity index (χ0) is 16.4. The van der Waals surface area contributed by atoms with Gasteiger partial charge in [-0.05, 0) is 70.1 Å². The number of carbonyl (C=O) groups is 1. The van der Waals surface area contributed by atoms with Gasteiger partial charge in [-0.1, -0.05) is 18.6 Å². The molecule has 0 heterocycles. The number of rotatable bonds is 5. The maximum Gasteiger partial charge on any atom is 0.407 e. The summed E-state index contributed by atoms with van der Waals surface area (Å²) < 4.78 is 5.20. The van der Waals surface area contributed by atoms with Gasteiger partial charge in [-0.15, -0.1) is 0 Å². The van der Waals surface area contributed by atoms with Crippen LogP contribution in [0.2, 0.25) is 0 Å². The van der Waals surface area contributed by atoms with Gasteiger partial charge in [0.05, 0.1) is 0 Å². The molecule has 0 saturated heterocycles. The van der Waals surface area contributed by atoms with Gasteiger partial charge in [-0.25, -0.2) is 4.79 Å². The Labute approximate surface area is 140 Å². The Hall–Kier alpha value is -1.03. The molecule has 3 aliphatic rings. The number of amides is 1. The van der Waals surface area contributed by atoms with E-state index in [0.29, 0.717) is 6.54 Å². The van der Waals surface area contributed by atoms with Gasteiger partial charge >= 0.3 is 6.09 Å². The molecule has 0 aromatic carbocycles. The molecule has 0 aliphatic heterocycles. The Kier molecular flexibility index (Phi) is 5.00. The normalized spacial score (nSPS) is 35.7. The second kappa shape index (κ2) is 6.84. The Balaban J connectivity index is 1.31. The van der Waals surface area contributed by atoms with Crippen LogP contribution in [0.15, 0.2) is 12.2 Å². The maximum absolute atomic E-state index is 11.5. The lowest BCUT2D eigenvalue weighted by Gasteiger charge is -2.32. The molecule has 0 spiro atoms. The lowest BCUT2D eigenvalue weighted by molar-refractivity contribution is 0.0534. The molecule has 23 heavy (non-hydrogen) atoms. The fraction of sp³-hybridized carbons (Fsp3) is 0.842. The van der Waals surface area contributed by atoms with E-state index >= 15 is 0 Å². The minimum Gasteiger partial charge on any atom is -0.444 e. The van der Waals surface area contributed by atoms with Crippen molar-refractivity contribution in [2.24, 2.45) is 23.7 Å². The average molecular weight is 320 g/mol. The highest BCUT2D eigenvalue weighted by atomic mass is 16.6. The molecule has 130 valence electrons. The molecule has 5 unspecified atom stereocenters. The van der Waals surface area contributed by atoms with E-state index < -0.39 is 5.60 Å². The van der Waals surface area contributed by atoms with Crippen LogP contribution in [-0.2, 0) is 4.74 Å². The van der Waals surface area contributed by atoms with Gasteiger partial charge in [-0.3, -0.25) is 0 Å². The minimum atomic E-state index is -0.435. The summed E-state index contributed by atoms with van der Waals surface area (Å²) in [6.07, 6.45) is 11.1. The van der Waals surface area contributed by atoms with E-state index in [0.717, 1.165) is 36.3 Å². The van der Waals surface area contributed by atoms with Crippen LogP contribution in [-0.4, -0.2) is 30.8 Å². The molecule has 3 fully saturated rings. The van der Waals surface area contributed by atoms with Crippen molar-refractivity contribution in [1.29, 1.82) is 0 Å². The highest BCUT2D eigenvalue weighted by Crippen LogP contribution is 2.58. The van der Waals surface area contributed by atoms with Crippen molar-refractivity contribution in [1.82, 2.24) is 10.6 Å². The largest absolute Gasteiger partial charge is 0.444 e. The fourth-order valence-corrected chi connectivity index (χ4v) is 5.15. The molecular weight excluding hydrogens is 288 g/mol. The van der Waals surface area contributed by atoms with E-state index in [1.54, 1.807) is 0 Å². The smallest absolute Gasteiger partial charge is 0.407 e. The molecule has 2 N–H and O–H groups in total. The monoisotopic (exact) mass is 320 g/mol. The van der Waals surface area contributed by atoms with Crippen LogP contribution in [0, 0.1) is 23.7 Å². The van der Waals surface area contributed by atoms with Gasteiger partial charge in [0.2, 0.25) is 0 Å². The number of hydrogen-bond acceptors (Lipinski definition) is 3. The summed E-state index contributed by atoms with van der Waals surface area (Å²) in [6.45, 7) is 7.04. The lowest BCUT2D eigenvalue weighted by Crippen LogP contribution is -2.39. The number of carbonyl (C=O) groups excluding carboxylic acids is 1. The van der Waals surface area contributed by atoms with E-state index in [1.807, 2.05) is 26.8 Å². The Morgan fingerprint density at radius 3 is 2.61 bits per heavy atom. The molecule has 2 bridgehead atoms. The van der Waals surface area contributed by atoms with Crippen molar-refractivity contribution in [3.63, 3.8) is 0 Å². The summed E-state index contributed by atoms with van der Waals surface area (Å²) in [4.78, 5) is 11.5. The number of alkyl carbamates (subject to hydrolysis) is 1. The minimum absolute atomic E-state index is 0.351. The molecule has 0 radical (unpaired) electrons. The molecule has 1 amide bonds. The number of fused-ring (bicyclic) bond motifs is 5. The lowest BCUT2D eigenvalue weighted by atomic mass is 9.79. The molecule has 3 aliphatic carbocycles. The summed E-state index contributed by atoms with van der Waals surface area (Å²) in [6, 6.07) is 0.725. The highest BCUT2D eigenvalue weighted by Gasteiger charge is 2.53. The van der Waals surface area contributed by atoms with Crippen LogP contribution in [0.3, 0.4) is 0 Å². The average Bonchev–Trinajstić information content (AvgIpc) is 3.12. The van der Waals surface area contributed by atoms with Crippen LogP contribution in [0.4, 0.5) is 4.79 Å². The molecule has 3 rings (SSSR count). The van der Waals surface area contributed by atoms with E-state index in [-0.39, 0.29) is 6.09 Å². The molecule has 0 aromatic rings. The number of nitrogens with one attached hydrogen (secondary N) is 2. The van der Waals surface area contributed by atoms with E-state index in [9.17, 15) is 4.79 Å². The van der Waals surface area contributed by atoms with Crippen molar-refractivity contribution in [3.8, 4) is 0 Å². The third-order valence-corrected chi connectivity index (χ3v) is 5.86. The van der Waals surface area contributed by atoms with Crippen molar-refractivity contribution in [2.75, 3.05) is 13.1 Å². The summed E-state index contributed by atoms with van der Waals surface area (Å²) in [5, 5.41) is 6.47.